The maximum absolute atomic E-state index is 5.61. The topological polar surface area (TPSA) is 12.5 Å². The lowest BCUT2D eigenvalue weighted by atomic mass is 10.2. The Hall–Kier alpha value is -0.990. The van der Waals surface area contributed by atoms with Crippen molar-refractivity contribution >= 4 is 17.7 Å². The molecule has 0 unspecified atom stereocenters. The van der Waals surface area contributed by atoms with Crippen molar-refractivity contribution in [1.82, 2.24) is 4.90 Å². The molecule has 1 aromatic carbocycles. The molecule has 0 spiro atoms. The fourth-order valence-corrected chi connectivity index (χ4v) is 1.43. The molecule has 0 aliphatic rings. The molecule has 0 aliphatic heterocycles. The van der Waals surface area contributed by atoms with Gasteiger partial charge in [0.05, 0.1) is 0 Å². The minimum absolute atomic E-state index is 0.669. The van der Waals surface area contributed by atoms with Crippen molar-refractivity contribution in [2.45, 2.75) is 6.42 Å². The number of nitrogens with zero attached hydrogens (tertiary/aromatic N) is 1. The molecule has 0 bridgehead atoms. The van der Waals surface area contributed by atoms with E-state index in [4.69, 9.17) is 16.3 Å². The molecule has 0 amide bonds. The van der Waals surface area contributed by atoms with E-state index in [1.165, 1.54) is 5.56 Å². The minimum atomic E-state index is 0.669. The van der Waals surface area contributed by atoms with Gasteiger partial charge in [0.2, 0.25) is 0 Å². The van der Waals surface area contributed by atoms with Crippen LogP contribution in [0.3, 0.4) is 0 Å². The zero-order valence-corrected chi connectivity index (χ0v) is 11.3. The number of likely N-dealkylation sites (N-methyl/N-ethyl adjacent to an activating group) is 1. The first-order valence-electron chi connectivity index (χ1n) is 5.82. The summed E-state index contributed by atoms with van der Waals surface area (Å²) in [4.78, 5) is 2.10. The van der Waals surface area contributed by atoms with E-state index >= 15 is 0 Å². The van der Waals surface area contributed by atoms with Gasteiger partial charge in [-0.3, -0.25) is 0 Å². The zero-order chi connectivity index (χ0) is 12.5. The Kier molecular flexibility index (Phi) is 6.75. The summed E-state index contributed by atoms with van der Waals surface area (Å²) in [5, 5.41) is 0. The molecule has 2 nitrogen and oxygen atoms in total. The van der Waals surface area contributed by atoms with E-state index in [0.29, 0.717) is 12.5 Å². The van der Waals surface area contributed by atoms with Crippen LogP contribution in [-0.4, -0.2) is 38.0 Å². The quantitative estimate of drug-likeness (QED) is 0.692. The van der Waals surface area contributed by atoms with E-state index in [0.717, 1.165) is 18.7 Å². The number of hydrogen-bond donors (Lipinski definition) is 0. The lowest BCUT2D eigenvalue weighted by Gasteiger charge is -2.10. The summed E-state index contributed by atoms with van der Waals surface area (Å²) < 4.78 is 5.61. The van der Waals surface area contributed by atoms with Crippen LogP contribution in [0.2, 0.25) is 0 Å². The molecule has 3 heteroatoms. The van der Waals surface area contributed by atoms with Gasteiger partial charge in [-0.2, -0.15) is 0 Å². The van der Waals surface area contributed by atoms with Gasteiger partial charge < -0.3 is 9.64 Å². The van der Waals surface area contributed by atoms with Crippen LogP contribution in [-0.2, 0) is 0 Å². The summed E-state index contributed by atoms with van der Waals surface area (Å²) in [7, 11) is 4.07. The number of halogens is 1. The van der Waals surface area contributed by atoms with Crippen molar-refractivity contribution in [3.63, 3.8) is 0 Å². The van der Waals surface area contributed by atoms with E-state index in [1.54, 1.807) is 0 Å². The summed E-state index contributed by atoms with van der Waals surface area (Å²) >= 11 is 5.60. The van der Waals surface area contributed by atoms with Crippen molar-refractivity contribution in [2.75, 3.05) is 33.1 Å². The Morgan fingerprint density at radius 1 is 1.24 bits per heavy atom. The highest BCUT2D eigenvalue weighted by Crippen LogP contribution is 2.13. The lowest BCUT2D eigenvalue weighted by Crippen LogP contribution is -2.19. The first-order chi connectivity index (χ1) is 8.22. The Morgan fingerprint density at radius 3 is 2.53 bits per heavy atom. The Bertz CT molecular complexity index is 333. The molecule has 0 heterocycles. The van der Waals surface area contributed by atoms with Crippen molar-refractivity contribution in [1.29, 1.82) is 0 Å². The average molecular weight is 254 g/mol. The lowest BCUT2D eigenvalue weighted by molar-refractivity contribution is 0.261. The molecular formula is C14H20ClNO. The second-order valence-corrected chi connectivity index (χ2v) is 4.48. The molecule has 1 rings (SSSR count). The summed E-state index contributed by atoms with van der Waals surface area (Å²) in [5.41, 5.74) is 1.18. The van der Waals surface area contributed by atoms with Gasteiger partial charge in [-0.25, -0.2) is 0 Å². The molecule has 94 valence electrons. The maximum Gasteiger partial charge on any atom is 0.119 e. The number of alkyl halides is 1. The standard InChI is InChI=1S/C14H20ClNO/c1-16(2)11-12-17-14-8-6-13(7-9-14)5-3-4-10-15/h3,5-9H,4,10-12H2,1-2H3. The second-order valence-electron chi connectivity index (χ2n) is 4.10. The van der Waals surface area contributed by atoms with Crippen LogP contribution in [0.5, 0.6) is 5.75 Å². The highest BCUT2D eigenvalue weighted by atomic mass is 35.5. The largest absolute Gasteiger partial charge is 0.492 e. The van der Waals surface area contributed by atoms with Crippen LogP contribution in [0, 0.1) is 0 Å². The van der Waals surface area contributed by atoms with Gasteiger partial charge in [0, 0.05) is 12.4 Å². The van der Waals surface area contributed by atoms with Crippen LogP contribution in [0.25, 0.3) is 6.08 Å². The predicted molar refractivity (Wildman–Crippen MR) is 74.9 cm³/mol. The third kappa shape index (κ3) is 6.35. The summed E-state index contributed by atoms with van der Waals surface area (Å²) in [6, 6.07) is 8.09. The number of rotatable bonds is 7. The van der Waals surface area contributed by atoms with Gasteiger partial charge in [0.1, 0.15) is 12.4 Å². The predicted octanol–water partition coefficient (Wildman–Crippen LogP) is 3.27. The zero-order valence-electron chi connectivity index (χ0n) is 10.5. The van der Waals surface area contributed by atoms with Gasteiger partial charge >= 0.3 is 0 Å². The van der Waals surface area contributed by atoms with E-state index in [9.17, 15) is 0 Å². The van der Waals surface area contributed by atoms with Gasteiger partial charge in [-0.1, -0.05) is 24.3 Å². The number of hydrogen-bond acceptors (Lipinski definition) is 2. The highest BCUT2D eigenvalue weighted by molar-refractivity contribution is 6.17. The molecule has 0 aliphatic carbocycles. The normalized spacial score (nSPS) is 11.3. The number of allylic oxidation sites excluding steroid dienone is 1. The monoisotopic (exact) mass is 253 g/mol. The fourth-order valence-electron chi connectivity index (χ4n) is 1.30. The third-order valence-electron chi connectivity index (χ3n) is 2.27. The Balaban J connectivity index is 2.39. The maximum atomic E-state index is 5.61. The van der Waals surface area contributed by atoms with Crippen molar-refractivity contribution in [3.05, 3.63) is 35.9 Å². The molecule has 0 fully saturated rings. The summed E-state index contributed by atoms with van der Waals surface area (Å²) in [6.07, 6.45) is 5.06. The van der Waals surface area contributed by atoms with Crippen molar-refractivity contribution in [2.24, 2.45) is 0 Å². The second kappa shape index (κ2) is 8.15. The van der Waals surface area contributed by atoms with Gasteiger partial charge in [0.15, 0.2) is 0 Å². The first kappa shape index (κ1) is 14.1. The first-order valence-corrected chi connectivity index (χ1v) is 6.36. The van der Waals surface area contributed by atoms with Gasteiger partial charge in [-0.05, 0) is 38.2 Å². The molecule has 0 radical (unpaired) electrons. The van der Waals surface area contributed by atoms with Crippen LogP contribution in [0.15, 0.2) is 30.3 Å². The smallest absolute Gasteiger partial charge is 0.119 e. The Morgan fingerprint density at radius 2 is 1.94 bits per heavy atom. The SMILES string of the molecule is CN(C)CCOc1ccc(C=CCCCl)cc1. The molecule has 0 N–H and O–H groups in total. The minimum Gasteiger partial charge on any atom is -0.492 e. The van der Waals surface area contributed by atoms with E-state index in [2.05, 4.69) is 29.2 Å². The number of benzene rings is 1. The van der Waals surface area contributed by atoms with E-state index in [-0.39, 0.29) is 0 Å². The van der Waals surface area contributed by atoms with Crippen molar-refractivity contribution < 1.29 is 4.74 Å². The molecule has 1 aromatic rings. The molecule has 0 saturated heterocycles. The Labute approximate surface area is 109 Å². The molecule has 0 saturated carbocycles. The molecule has 17 heavy (non-hydrogen) atoms. The highest BCUT2D eigenvalue weighted by Gasteiger charge is 1.94. The molecule has 0 atom stereocenters. The summed E-state index contributed by atoms with van der Waals surface area (Å²) in [6.45, 7) is 1.64. The van der Waals surface area contributed by atoms with Crippen LogP contribution in [0.4, 0.5) is 0 Å². The van der Waals surface area contributed by atoms with E-state index < -0.39 is 0 Å². The molecular weight excluding hydrogens is 234 g/mol. The van der Waals surface area contributed by atoms with Gasteiger partial charge in [-0.15, -0.1) is 11.6 Å². The third-order valence-corrected chi connectivity index (χ3v) is 2.49. The fraction of sp³-hybridized carbons (Fsp3) is 0.429. The van der Waals surface area contributed by atoms with Gasteiger partial charge in [0.25, 0.3) is 0 Å². The van der Waals surface area contributed by atoms with Crippen LogP contribution >= 0.6 is 11.6 Å². The number of ether oxygens (including phenoxy) is 1. The van der Waals surface area contributed by atoms with Crippen LogP contribution < -0.4 is 4.74 Å². The average Bonchev–Trinajstić information content (AvgIpc) is 2.31. The van der Waals surface area contributed by atoms with E-state index in [1.807, 2.05) is 26.2 Å². The molecule has 0 aromatic heterocycles. The van der Waals surface area contributed by atoms with Crippen molar-refractivity contribution in [3.8, 4) is 5.75 Å². The summed E-state index contributed by atoms with van der Waals surface area (Å²) in [5.74, 6) is 1.59. The van der Waals surface area contributed by atoms with Crippen LogP contribution in [0.1, 0.15) is 12.0 Å².